The van der Waals surface area contributed by atoms with Gasteiger partial charge < -0.3 is 10.2 Å². The molecule has 0 aromatic rings. The summed E-state index contributed by atoms with van der Waals surface area (Å²) >= 11 is 0. The fraction of sp³-hybridized carbons (Fsp3) is 0.941. The Kier molecular flexibility index (Phi) is 7.50. The molecule has 2 aliphatic rings. The molecule has 0 bridgehead atoms. The van der Waals surface area contributed by atoms with E-state index < -0.39 is 10.0 Å². The summed E-state index contributed by atoms with van der Waals surface area (Å²) in [5, 5.41) is 3.04. The van der Waals surface area contributed by atoms with E-state index in [9.17, 15) is 13.2 Å². The van der Waals surface area contributed by atoms with Crippen LogP contribution in [0.15, 0.2) is 0 Å². The van der Waals surface area contributed by atoms with Crippen molar-refractivity contribution in [3.8, 4) is 0 Å². The monoisotopic (exact) mass is 359 g/mol. The molecule has 0 aliphatic carbocycles. The molecule has 6 nitrogen and oxygen atoms in total. The zero-order chi connectivity index (χ0) is 17.6. The van der Waals surface area contributed by atoms with E-state index in [4.69, 9.17) is 0 Å². The Labute approximate surface area is 147 Å². The van der Waals surface area contributed by atoms with E-state index in [1.807, 2.05) is 0 Å². The first-order valence-electron chi connectivity index (χ1n) is 9.38. The normalized spacial score (nSPS) is 24.8. The van der Waals surface area contributed by atoms with Crippen LogP contribution in [0.5, 0.6) is 0 Å². The van der Waals surface area contributed by atoms with Crippen LogP contribution >= 0.6 is 0 Å². The van der Waals surface area contributed by atoms with Gasteiger partial charge in [-0.05, 0) is 45.1 Å². The highest BCUT2D eigenvalue weighted by molar-refractivity contribution is 7.88. The second-order valence-corrected chi connectivity index (χ2v) is 9.16. The summed E-state index contributed by atoms with van der Waals surface area (Å²) in [7, 11) is -3.12. The van der Waals surface area contributed by atoms with Crippen LogP contribution in [-0.2, 0) is 14.8 Å². The fourth-order valence-electron chi connectivity index (χ4n) is 3.90. The predicted molar refractivity (Wildman–Crippen MR) is 96.3 cm³/mol. The van der Waals surface area contributed by atoms with Crippen molar-refractivity contribution < 1.29 is 13.2 Å². The quantitative estimate of drug-likeness (QED) is 0.698. The summed E-state index contributed by atoms with van der Waals surface area (Å²) in [4.78, 5) is 14.8. The third-order valence-electron chi connectivity index (χ3n) is 5.44. The number of nitrogens with zero attached hydrogens (tertiary/aromatic N) is 2. The van der Waals surface area contributed by atoms with Gasteiger partial charge in [0, 0.05) is 38.1 Å². The molecular weight excluding hydrogens is 326 g/mol. The van der Waals surface area contributed by atoms with Crippen molar-refractivity contribution in [1.82, 2.24) is 14.5 Å². The van der Waals surface area contributed by atoms with Crippen molar-refractivity contribution in [3.05, 3.63) is 0 Å². The van der Waals surface area contributed by atoms with E-state index in [0.717, 1.165) is 25.6 Å². The summed E-state index contributed by atoms with van der Waals surface area (Å²) in [5.41, 5.74) is 0. The van der Waals surface area contributed by atoms with Gasteiger partial charge in [0.2, 0.25) is 15.9 Å². The number of rotatable bonds is 7. The average Bonchev–Trinajstić information content (AvgIpc) is 2.58. The summed E-state index contributed by atoms with van der Waals surface area (Å²) < 4.78 is 24.5. The van der Waals surface area contributed by atoms with Gasteiger partial charge in [-0.2, -0.15) is 0 Å². The standard InChI is InChI=1S/C17H33N3O3S/c1-3-16-7-4-5-11-19(16)12-6-10-18-17(21)15-8-13-20(14-9-15)24(2,22)23/h15-16H,3-14H2,1-2H3,(H,18,21)/t16-/m0/s1. The molecule has 0 saturated carbocycles. The van der Waals surface area contributed by atoms with Crippen molar-refractivity contribution >= 4 is 15.9 Å². The summed E-state index contributed by atoms with van der Waals surface area (Å²) in [6, 6.07) is 0.717. The van der Waals surface area contributed by atoms with Crippen molar-refractivity contribution in [2.75, 3.05) is 39.0 Å². The Morgan fingerprint density at radius 3 is 2.46 bits per heavy atom. The van der Waals surface area contributed by atoms with Gasteiger partial charge in [-0.3, -0.25) is 4.79 Å². The maximum atomic E-state index is 12.2. The van der Waals surface area contributed by atoms with E-state index in [2.05, 4.69) is 17.1 Å². The van der Waals surface area contributed by atoms with Crippen molar-refractivity contribution in [3.63, 3.8) is 0 Å². The van der Waals surface area contributed by atoms with Gasteiger partial charge in [-0.15, -0.1) is 0 Å². The molecule has 140 valence electrons. The smallest absolute Gasteiger partial charge is 0.223 e. The van der Waals surface area contributed by atoms with Gasteiger partial charge in [0.05, 0.1) is 6.26 Å². The average molecular weight is 360 g/mol. The van der Waals surface area contributed by atoms with Gasteiger partial charge in [0.15, 0.2) is 0 Å². The highest BCUT2D eigenvalue weighted by Gasteiger charge is 2.28. The molecule has 24 heavy (non-hydrogen) atoms. The van der Waals surface area contributed by atoms with Crippen LogP contribution in [0.4, 0.5) is 0 Å². The summed E-state index contributed by atoms with van der Waals surface area (Å²) in [5.74, 6) is 0.0511. The Balaban J connectivity index is 1.63. The van der Waals surface area contributed by atoms with Gasteiger partial charge in [-0.1, -0.05) is 13.3 Å². The lowest BCUT2D eigenvalue weighted by molar-refractivity contribution is -0.126. The predicted octanol–water partition coefficient (Wildman–Crippen LogP) is 1.43. The maximum Gasteiger partial charge on any atom is 0.223 e. The minimum absolute atomic E-state index is 0.0404. The zero-order valence-electron chi connectivity index (χ0n) is 15.2. The number of hydrogen-bond donors (Lipinski definition) is 1. The first kappa shape index (κ1) is 19.7. The Hall–Kier alpha value is -0.660. The molecule has 0 unspecified atom stereocenters. The highest BCUT2D eigenvalue weighted by atomic mass is 32.2. The third kappa shape index (κ3) is 5.70. The molecule has 0 spiro atoms. The number of sulfonamides is 1. The lowest BCUT2D eigenvalue weighted by Gasteiger charge is -2.35. The number of likely N-dealkylation sites (tertiary alicyclic amines) is 1. The van der Waals surface area contributed by atoms with Crippen LogP contribution in [0.3, 0.4) is 0 Å². The van der Waals surface area contributed by atoms with Crippen LogP contribution in [0.25, 0.3) is 0 Å². The number of piperidine rings is 2. The van der Waals surface area contributed by atoms with E-state index in [-0.39, 0.29) is 11.8 Å². The fourth-order valence-corrected chi connectivity index (χ4v) is 4.78. The van der Waals surface area contributed by atoms with Gasteiger partial charge in [-0.25, -0.2) is 12.7 Å². The minimum atomic E-state index is -3.12. The number of carbonyl (C=O) groups is 1. The van der Waals surface area contributed by atoms with Crippen LogP contribution < -0.4 is 5.32 Å². The molecule has 2 heterocycles. The van der Waals surface area contributed by atoms with Gasteiger partial charge >= 0.3 is 0 Å². The van der Waals surface area contributed by atoms with Crippen molar-refractivity contribution in [1.29, 1.82) is 0 Å². The van der Waals surface area contributed by atoms with E-state index in [1.54, 1.807) is 0 Å². The Morgan fingerprint density at radius 2 is 1.83 bits per heavy atom. The topological polar surface area (TPSA) is 69.7 Å². The first-order valence-corrected chi connectivity index (χ1v) is 11.2. The van der Waals surface area contributed by atoms with Gasteiger partial charge in [0.25, 0.3) is 0 Å². The summed E-state index contributed by atoms with van der Waals surface area (Å²) in [6.45, 7) is 6.15. The second kappa shape index (κ2) is 9.15. The number of hydrogen-bond acceptors (Lipinski definition) is 4. The number of carbonyl (C=O) groups excluding carboxylic acids is 1. The SMILES string of the molecule is CC[C@H]1CCCCN1CCCNC(=O)C1CCN(S(C)(=O)=O)CC1. The first-order chi connectivity index (χ1) is 11.4. The number of amides is 1. The van der Waals surface area contributed by atoms with Crippen LogP contribution in [0.1, 0.15) is 51.9 Å². The molecule has 1 atom stereocenters. The lowest BCUT2D eigenvalue weighted by atomic mass is 9.97. The number of nitrogens with one attached hydrogen (secondary N) is 1. The van der Waals surface area contributed by atoms with Gasteiger partial charge in [0.1, 0.15) is 0 Å². The molecule has 2 aliphatic heterocycles. The molecule has 2 rings (SSSR count). The molecule has 0 aromatic heterocycles. The van der Waals surface area contributed by atoms with E-state index in [0.29, 0.717) is 25.9 Å². The molecule has 1 amide bonds. The van der Waals surface area contributed by atoms with Crippen LogP contribution in [0, 0.1) is 5.92 Å². The van der Waals surface area contributed by atoms with Crippen molar-refractivity contribution in [2.24, 2.45) is 5.92 Å². The Morgan fingerprint density at radius 1 is 1.12 bits per heavy atom. The second-order valence-electron chi connectivity index (χ2n) is 7.17. The summed E-state index contributed by atoms with van der Waals surface area (Å²) in [6.07, 6.45) is 8.64. The largest absolute Gasteiger partial charge is 0.356 e. The molecule has 0 radical (unpaired) electrons. The van der Waals surface area contributed by atoms with Crippen LogP contribution in [0.2, 0.25) is 0 Å². The third-order valence-corrected chi connectivity index (χ3v) is 6.74. The van der Waals surface area contributed by atoms with Crippen molar-refractivity contribution in [2.45, 2.75) is 57.9 Å². The van der Waals surface area contributed by atoms with E-state index in [1.165, 1.54) is 42.8 Å². The molecule has 2 saturated heterocycles. The molecular formula is C17H33N3O3S. The lowest BCUT2D eigenvalue weighted by Crippen LogP contribution is -2.43. The van der Waals surface area contributed by atoms with Crippen LogP contribution in [-0.4, -0.2) is 68.6 Å². The maximum absolute atomic E-state index is 12.2. The molecule has 0 aromatic carbocycles. The molecule has 7 heteroatoms. The Bertz CT molecular complexity index is 501. The highest BCUT2D eigenvalue weighted by Crippen LogP contribution is 2.20. The molecule has 2 fully saturated rings. The van der Waals surface area contributed by atoms with E-state index >= 15 is 0 Å². The molecule has 1 N–H and O–H groups in total. The minimum Gasteiger partial charge on any atom is -0.356 e. The zero-order valence-corrected chi connectivity index (χ0v) is 16.0.